The number of aromatic nitrogens is 2. The zero-order valence-corrected chi connectivity index (χ0v) is 14.1. The van der Waals surface area contributed by atoms with Crippen molar-refractivity contribution in [1.29, 1.82) is 0 Å². The van der Waals surface area contributed by atoms with Crippen molar-refractivity contribution in [2.24, 2.45) is 0 Å². The van der Waals surface area contributed by atoms with Crippen LogP contribution in [-0.2, 0) is 6.54 Å². The number of hydrogen-bond acceptors (Lipinski definition) is 5. The van der Waals surface area contributed by atoms with E-state index >= 15 is 0 Å². The van der Waals surface area contributed by atoms with E-state index in [9.17, 15) is 14.9 Å². The summed E-state index contributed by atoms with van der Waals surface area (Å²) in [4.78, 5) is 26.7. The maximum absolute atomic E-state index is 12.3. The summed E-state index contributed by atoms with van der Waals surface area (Å²) < 4.78 is 1.99. The highest BCUT2D eigenvalue weighted by Crippen LogP contribution is 2.20. The molecule has 0 saturated heterocycles. The number of nitro groups is 1. The highest BCUT2D eigenvalue weighted by molar-refractivity contribution is 7.99. The van der Waals surface area contributed by atoms with E-state index in [0.29, 0.717) is 12.1 Å². The van der Waals surface area contributed by atoms with Gasteiger partial charge in [0.25, 0.3) is 5.69 Å². The van der Waals surface area contributed by atoms with Crippen LogP contribution in [0.5, 0.6) is 0 Å². The van der Waals surface area contributed by atoms with Crippen LogP contribution in [0.25, 0.3) is 0 Å². The minimum absolute atomic E-state index is 0.0254. The first-order chi connectivity index (χ1) is 12.1. The van der Waals surface area contributed by atoms with Gasteiger partial charge in [-0.1, -0.05) is 42.1 Å². The molecule has 0 unspecified atom stereocenters. The summed E-state index contributed by atoms with van der Waals surface area (Å²) in [6.45, 7) is 0.689. The van der Waals surface area contributed by atoms with Crippen LogP contribution in [0.4, 0.5) is 5.69 Å². The first-order valence-electron chi connectivity index (χ1n) is 7.59. The number of imidazole rings is 1. The number of non-ortho nitro benzene ring substituents is 1. The number of benzene rings is 2. The van der Waals surface area contributed by atoms with Gasteiger partial charge in [0.2, 0.25) is 0 Å². The number of rotatable bonds is 7. The first-order valence-corrected chi connectivity index (χ1v) is 8.57. The van der Waals surface area contributed by atoms with E-state index in [1.165, 1.54) is 36.0 Å². The molecule has 3 rings (SSSR count). The monoisotopic (exact) mass is 353 g/mol. The Morgan fingerprint density at radius 2 is 1.84 bits per heavy atom. The Bertz CT molecular complexity index is 876. The minimum Gasteiger partial charge on any atom is -0.322 e. The predicted octanol–water partition coefficient (Wildman–Crippen LogP) is 3.81. The van der Waals surface area contributed by atoms with Gasteiger partial charge in [-0.3, -0.25) is 14.9 Å². The van der Waals surface area contributed by atoms with Gasteiger partial charge in [0.1, 0.15) is 0 Å². The van der Waals surface area contributed by atoms with Gasteiger partial charge in [0, 0.05) is 36.6 Å². The molecule has 2 aromatic carbocycles. The number of Topliss-reactive ketones (excluding diaryl/α,β-unsaturated/α-hetero) is 1. The molecular formula is C18H15N3O3S. The SMILES string of the molecule is O=C(CSc1nccn1Cc1ccccc1)c1ccc([N+](=O)[O-])cc1. The molecule has 1 aromatic heterocycles. The molecular weight excluding hydrogens is 338 g/mol. The van der Waals surface area contributed by atoms with Crippen molar-refractivity contribution in [1.82, 2.24) is 9.55 Å². The average Bonchev–Trinajstić information content (AvgIpc) is 3.07. The van der Waals surface area contributed by atoms with Crippen LogP contribution in [0.15, 0.2) is 72.1 Å². The smallest absolute Gasteiger partial charge is 0.269 e. The highest BCUT2D eigenvalue weighted by Gasteiger charge is 2.12. The largest absolute Gasteiger partial charge is 0.322 e. The van der Waals surface area contributed by atoms with Crippen LogP contribution in [0, 0.1) is 10.1 Å². The van der Waals surface area contributed by atoms with Gasteiger partial charge in [-0.2, -0.15) is 0 Å². The van der Waals surface area contributed by atoms with E-state index < -0.39 is 4.92 Å². The molecule has 0 spiro atoms. The standard InChI is InChI=1S/C18H15N3O3S/c22-17(15-6-8-16(9-7-15)21(23)24)13-25-18-19-10-11-20(18)12-14-4-2-1-3-5-14/h1-11H,12-13H2. The van der Waals surface area contributed by atoms with Gasteiger partial charge >= 0.3 is 0 Å². The van der Waals surface area contributed by atoms with Gasteiger partial charge in [0.15, 0.2) is 10.9 Å². The zero-order valence-electron chi connectivity index (χ0n) is 13.2. The van der Waals surface area contributed by atoms with Gasteiger partial charge in [0.05, 0.1) is 10.7 Å². The van der Waals surface area contributed by atoms with Crippen molar-refractivity contribution >= 4 is 23.2 Å². The minimum atomic E-state index is -0.483. The summed E-state index contributed by atoms with van der Waals surface area (Å²) in [6.07, 6.45) is 3.59. The fourth-order valence-electron chi connectivity index (χ4n) is 2.32. The van der Waals surface area contributed by atoms with E-state index in [1.807, 2.05) is 41.1 Å². The Balaban J connectivity index is 1.63. The van der Waals surface area contributed by atoms with E-state index in [1.54, 1.807) is 6.20 Å². The lowest BCUT2D eigenvalue weighted by atomic mass is 10.1. The molecule has 126 valence electrons. The summed E-state index contributed by atoms with van der Waals surface area (Å²) in [5.41, 5.74) is 1.59. The van der Waals surface area contributed by atoms with Crippen molar-refractivity contribution in [3.8, 4) is 0 Å². The Kier molecular flexibility index (Phi) is 5.25. The second-order valence-electron chi connectivity index (χ2n) is 5.34. The number of ketones is 1. The molecule has 0 atom stereocenters. The second kappa shape index (κ2) is 7.76. The van der Waals surface area contributed by atoms with E-state index in [4.69, 9.17) is 0 Å². The molecule has 0 N–H and O–H groups in total. The molecule has 25 heavy (non-hydrogen) atoms. The lowest BCUT2D eigenvalue weighted by Crippen LogP contribution is -2.05. The molecule has 0 aliphatic carbocycles. The van der Waals surface area contributed by atoms with Gasteiger partial charge in [-0.15, -0.1) is 0 Å². The zero-order chi connectivity index (χ0) is 17.6. The number of carbonyl (C=O) groups excluding carboxylic acids is 1. The third-order valence-corrected chi connectivity index (χ3v) is 4.61. The number of nitro benzene ring substituents is 1. The van der Waals surface area contributed by atoms with Crippen LogP contribution in [0.1, 0.15) is 15.9 Å². The number of thioether (sulfide) groups is 1. The molecule has 0 fully saturated rings. The molecule has 1 heterocycles. The third-order valence-electron chi connectivity index (χ3n) is 3.61. The van der Waals surface area contributed by atoms with Crippen molar-refractivity contribution in [3.63, 3.8) is 0 Å². The second-order valence-corrected chi connectivity index (χ2v) is 6.28. The van der Waals surface area contributed by atoms with Gasteiger partial charge < -0.3 is 4.57 Å². The van der Waals surface area contributed by atoms with Crippen molar-refractivity contribution in [3.05, 3.63) is 88.2 Å². The third kappa shape index (κ3) is 4.33. The van der Waals surface area contributed by atoms with E-state index in [-0.39, 0.29) is 17.2 Å². The van der Waals surface area contributed by atoms with Crippen molar-refractivity contribution < 1.29 is 9.72 Å². The highest BCUT2D eigenvalue weighted by atomic mass is 32.2. The normalized spacial score (nSPS) is 10.6. The summed E-state index contributed by atoms with van der Waals surface area (Å²) in [5, 5.41) is 11.4. The van der Waals surface area contributed by atoms with Crippen molar-refractivity contribution in [2.75, 3.05) is 5.75 Å². The van der Waals surface area contributed by atoms with Crippen molar-refractivity contribution in [2.45, 2.75) is 11.7 Å². The molecule has 0 bridgehead atoms. The Hall–Kier alpha value is -2.93. The van der Waals surface area contributed by atoms with Crippen LogP contribution >= 0.6 is 11.8 Å². The van der Waals surface area contributed by atoms with Gasteiger partial charge in [-0.05, 0) is 17.7 Å². The fraction of sp³-hybridized carbons (Fsp3) is 0.111. The Labute approximate surface area is 148 Å². The number of nitrogens with zero attached hydrogens (tertiary/aromatic N) is 3. The van der Waals surface area contributed by atoms with Crippen LogP contribution in [0.2, 0.25) is 0 Å². The Morgan fingerprint density at radius 1 is 1.12 bits per heavy atom. The molecule has 7 heteroatoms. The summed E-state index contributed by atoms with van der Waals surface area (Å²) in [5.74, 6) is 0.137. The molecule has 0 aliphatic rings. The molecule has 0 saturated carbocycles. The van der Waals surface area contributed by atoms with Crippen LogP contribution in [-0.4, -0.2) is 26.0 Å². The topological polar surface area (TPSA) is 78.0 Å². The Morgan fingerprint density at radius 3 is 2.52 bits per heavy atom. The van der Waals surface area contributed by atoms with E-state index in [0.717, 1.165) is 10.7 Å². The van der Waals surface area contributed by atoms with Crippen LogP contribution < -0.4 is 0 Å². The summed E-state index contributed by atoms with van der Waals surface area (Å²) >= 11 is 1.35. The maximum atomic E-state index is 12.3. The predicted molar refractivity (Wildman–Crippen MR) is 95.9 cm³/mol. The number of hydrogen-bond donors (Lipinski definition) is 0. The van der Waals surface area contributed by atoms with Crippen LogP contribution in [0.3, 0.4) is 0 Å². The molecule has 3 aromatic rings. The fourth-order valence-corrected chi connectivity index (χ4v) is 3.17. The first kappa shape index (κ1) is 16.9. The quantitative estimate of drug-likeness (QED) is 0.279. The number of carbonyl (C=O) groups is 1. The molecule has 0 amide bonds. The molecule has 6 nitrogen and oxygen atoms in total. The van der Waals surface area contributed by atoms with E-state index in [2.05, 4.69) is 4.98 Å². The summed E-state index contributed by atoms with van der Waals surface area (Å²) in [6, 6.07) is 15.7. The molecule has 0 aliphatic heterocycles. The maximum Gasteiger partial charge on any atom is 0.269 e. The summed E-state index contributed by atoms with van der Waals surface area (Å²) in [7, 11) is 0. The lowest BCUT2D eigenvalue weighted by molar-refractivity contribution is -0.384. The van der Waals surface area contributed by atoms with Gasteiger partial charge in [-0.25, -0.2) is 4.98 Å². The lowest BCUT2D eigenvalue weighted by Gasteiger charge is -2.07. The average molecular weight is 353 g/mol. The molecule has 0 radical (unpaired) electrons.